The zero-order valence-corrected chi connectivity index (χ0v) is 18.5. The Morgan fingerprint density at radius 1 is 1.10 bits per heavy atom. The first-order chi connectivity index (χ1) is 14.2. The van der Waals surface area contributed by atoms with Gasteiger partial charge in [-0.2, -0.15) is 5.10 Å². The minimum absolute atomic E-state index is 0.0263. The fourth-order valence-corrected chi connectivity index (χ4v) is 3.75. The fraction of sp³-hybridized carbons (Fsp3) is 0.190. The van der Waals surface area contributed by atoms with Gasteiger partial charge in [0.1, 0.15) is 0 Å². The van der Waals surface area contributed by atoms with E-state index in [1.807, 2.05) is 12.1 Å². The minimum Gasteiger partial charge on any atom is -0.370 e. The highest BCUT2D eigenvalue weighted by molar-refractivity contribution is 6.35. The van der Waals surface area contributed by atoms with Gasteiger partial charge in [-0.3, -0.25) is 9.59 Å². The van der Waals surface area contributed by atoms with E-state index in [1.165, 1.54) is 0 Å². The lowest BCUT2D eigenvalue weighted by Gasteiger charge is -2.11. The van der Waals surface area contributed by atoms with E-state index in [0.29, 0.717) is 32.0 Å². The molecule has 1 aromatic heterocycles. The van der Waals surface area contributed by atoms with Crippen molar-refractivity contribution in [1.29, 1.82) is 0 Å². The zero-order valence-electron chi connectivity index (χ0n) is 16.2. The normalized spacial score (nSPS) is 11.9. The monoisotopic (exact) mass is 464 g/mol. The number of aromatic nitrogens is 2. The molecule has 1 unspecified atom stereocenters. The standard InChI is InChI=1S/C21H19Cl3N4O2/c1-11(9-18(25)29)26-21(30)19-12(2)20(13-3-5-14(22)6-4-13)28(27-19)17-8-7-15(23)10-16(17)24/h3-8,10-11H,9H2,1-2H3,(H2,25,29)(H,26,30). The van der Waals surface area contributed by atoms with Gasteiger partial charge in [-0.05, 0) is 44.2 Å². The van der Waals surface area contributed by atoms with Crippen LogP contribution < -0.4 is 11.1 Å². The van der Waals surface area contributed by atoms with Crippen molar-refractivity contribution in [3.05, 3.63) is 68.8 Å². The molecule has 0 spiro atoms. The van der Waals surface area contributed by atoms with Crippen LogP contribution in [-0.4, -0.2) is 27.6 Å². The average molecular weight is 466 g/mol. The summed E-state index contributed by atoms with van der Waals surface area (Å²) < 4.78 is 1.60. The Morgan fingerprint density at radius 2 is 1.73 bits per heavy atom. The van der Waals surface area contributed by atoms with Gasteiger partial charge >= 0.3 is 0 Å². The number of hydrogen-bond donors (Lipinski definition) is 2. The molecule has 1 atom stereocenters. The molecule has 156 valence electrons. The van der Waals surface area contributed by atoms with Gasteiger partial charge in [0.05, 0.1) is 16.4 Å². The number of carbonyl (C=O) groups is 2. The highest BCUT2D eigenvalue weighted by Gasteiger charge is 2.24. The summed E-state index contributed by atoms with van der Waals surface area (Å²) >= 11 is 18.5. The number of nitrogens with two attached hydrogens (primary N) is 1. The van der Waals surface area contributed by atoms with Gasteiger partial charge in [0, 0.05) is 33.6 Å². The number of carbonyl (C=O) groups excluding carboxylic acids is 2. The highest BCUT2D eigenvalue weighted by Crippen LogP contribution is 2.33. The number of nitrogens with one attached hydrogen (secondary N) is 1. The zero-order chi connectivity index (χ0) is 22.0. The molecule has 3 rings (SSSR count). The molecule has 2 amide bonds. The summed E-state index contributed by atoms with van der Waals surface area (Å²) in [6.45, 7) is 3.50. The summed E-state index contributed by atoms with van der Waals surface area (Å²) in [5.41, 5.74) is 8.13. The van der Waals surface area contributed by atoms with Crippen molar-refractivity contribution < 1.29 is 9.59 Å². The molecule has 30 heavy (non-hydrogen) atoms. The van der Waals surface area contributed by atoms with Crippen molar-refractivity contribution >= 4 is 46.6 Å². The summed E-state index contributed by atoms with van der Waals surface area (Å²) in [7, 11) is 0. The van der Waals surface area contributed by atoms with Crippen LogP contribution in [0.1, 0.15) is 29.4 Å². The number of nitrogens with zero attached hydrogens (tertiary/aromatic N) is 2. The highest BCUT2D eigenvalue weighted by atomic mass is 35.5. The number of amides is 2. The van der Waals surface area contributed by atoms with Gasteiger partial charge in [0.15, 0.2) is 5.69 Å². The number of hydrogen-bond acceptors (Lipinski definition) is 3. The number of rotatable bonds is 6. The second kappa shape index (κ2) is 9.08. The Balaban J connectivity index is 2.13. The maximum absolute atomic E-state index is 12.9. The molecule has 1 heterocycles. The molecule has 0 saturated carbocycles. The van der Waals surface area contributed by atoms with Crippen molar-refractivity contribution in [3.63, 3.8) is 0 Å². The smallest absolute Gasteiger partial charge is 0.272 e. The summed E-state index contributed by atoms with van der Waals surface area (Å²) in [6.07, 6.45) is 0.0263. The predicted octanol–water partition coefficient (Wildman–Crippen LogP) is 4.80. The van der Waals surface area contributed by atoms with Crippen LogP contribution in [0.4, 0.5) is 0 Å². The van der Waals surface area contributed by atoms with Gasteiger partial charge in [-0.1, -0.05) is 46.9 Å². The first-order valence-corrected chi connectivity index (χ1v) is 10.2. The van der Waals surface area contributed by atoms with Crippen LogP contribution in [0.15, 0.2) is 42.5 Å². The lowest BCUT2D eigenvalue weighted by atomic mass is 10.1. The largest absolute Gasteiger partial charge is 0.370 e. The fourth-order valence-electron chi connectivity index (χ4n) is 3.13. The van der Waals surface area contributed by atoms with Gasteiger partial charge in [-0.25, -0.2) is 4.68 Å². The second-order valence-corrected chi connectivity index (χ2v) is 8.16. The first-order valence-electron chi connectivity index (χ1n) is 9.07. The van der Waals surface area contributed by atoms with Gasteiger partial charge in [0.25, 0.3) is 5.91 Å². The van der Waals surface area contributed by atoms with Crippen LogP contribution in [0.5, 0.6) is 0 Å². The third-order valence-corrected chi connectivity index (χ3v) is 5.27. The molecule has 0 aliphatic heterocycles. The summed E-state index contributed by atoms with van der Waals surface area (Å²) in [6, 6.07) is 11.8. The van der Waals surface area contributed by atoms with E-state index in [0.717, 1.165) is 5.56 Å². The average Bonchev–Trinajstić information content (AvgIpc) is 2.99. The SMILES string of the molecule is Cc1c(C(=O)NC(C)CC(N)=O)nn(-c2ccc(Cl)cc2Cl)c1-c1ccc(Cl)cc1. The van der Waals surface area contributed by atoms with E-state index in [-0.39, 0.29) is 12.1 Å². The van der Waals surface area contributed by atoms with Crippen LogP contribution in [0.2, 0.25) is 15.1 Å². The van der Waals surface area contributed by atoms with Crippen molar-refractivity contribution in [2.24, 2.45) is 5.73 Å². The lowest BCUT2D eigenvalue weighted by molar-refractivity contribution is -0.118. The second-order valence-electron chi connectivity index (χ2n) is 6.88. The number of benzene rings is 2. The van der Waals surface area contributed by atoms with E-state index in [4.69, 9.17) is 40.5 Å². The maximum Gasteiger partial charge on any atom is 0.272 e. The van der Waals surface area contributed by atoms with Gasteiger partial charge < -0.3 is 11.1 Å². The van der Waals surface area contributed by atoms with E-state index in [1.54, 1.807) is 48.9 Å². The molecule has 2 aromatic carbocycles. The summed E-state index contributed by atoms with van der Waals surface area (Å²) in [4.78, 5) is 24.0. The van der Waals surface area contributed by atoms with E-state index in [2.05, 4.69) is 10.4 Å². The van der Waals surface area contributed by atoms with Gasteiger partial charge in [-0.15, -0.1) is 0 Å². The van der Waals surface area contributed by atoms with Crippen LogP contribution in [0.25, 0.3) is 16.9 Å². The van der Waals surface area contributed by atoms with E-state index >= 15 is 0 Å². The number of halogens is 3. The van der Waals surface area contributed by atoms with Crippen molar-refractivity contribution in [2.45, 2.75) is 26.3 Å². The minimum atomic E-state index is -0.500. The maximum atomic E-state index is 12.9. The molecular weight excluding hydrogens is 447 g/mol. The quantitative estimate of drug-likeness (QED) is 0.548. The Hall–Kier alpha value is -2.54. The van der Waals surface area contributed by atoms with Crippen molar-refractivity contribution in [3.8, 4) is 16.9 Å². The molecule has 0 fully saturated rings. The molecule has 3 N–H and O–H groups in total. The summed E-state index contributed by atoms with van der Waals surface area (Å²) in [5, 5.41) is 8.74. The Kier molecular flexibility index (Phi) is 6.71. The van der Waals surface area contributed by atoms with E-state index < -0.39 is 17.9 Å². The van der Waals surface area contributed by atoms with Crippen molar-refractivity contribution in [2.75, 3.05) is 0 Å². The molecule has 0 aliphatic rings. The van der Waals surface area contributed by atoms with Crippen LogP contribution in [0, 0.1) is 6.92 Å². The van der Waals surface area contributed by atoms with Gasteiger partial charge in [0.2, 0.25) is 5.91 Å². The molecule has 9 heteroatoms. The third kappa shape index (κ3) is 4.78. The van der Waals surface area contributed by atoms with Crippen LogP contribution >= 0.6 is 34.8 Å². The molecule has 6 nitrogen and oxygen atoms in total. The third-order valence-electron chi connectivity index (χ3n) is 4.48. The van der Waals surface area contributed by atoms with Crippen molar-refractivity contribution in [1.82, 2.24) is 15.1 Å². The molecule has 0 saturated heterocycles. The summed E-state index contributed by atoms with van der Waals surface area (Å²) in [5.74, 6) is -0.917. The molecular formula is C21H19Cl3N4O2. The molecule has 3 aromatic rings. The predicted molar refractivity (Wildman–Crippen MR) is 120 cm³/mol. The molecule has 0 bridgehead atoms. The Bertz CT molecular complexity index is 1110. The molecule has 0 radical (unpaired) electrons. The number of primary amides is 1. The van der Waals surface area contributed by atoms with E-state index in [9.17, 15) is 9.59 Å². The Morgan fingerprint density at radius 3 is 2.33 bits per heavy atom. The van der Waals surface area contributed by atoms with Crippen LogP contribution in [-0.2, 0) is 4.79 Å². The Labute approximate surface area is 188 Å². The first kappa shape index (κ1) is 22.2. The van der Waals surface area contributed by atoms with Crippen LogP contribution in [0.3, 0.4) is 0 Å². The molecule has 0 aliphatic carbocycles. The lowest BCUT2D eigenvalue weighted by Crippen LogP contribution is -2.36. The topological polar surface area (TPSA) is 90.0 Å².